The third-order valence-corrected chi connectivity index (χ3v) is 3.03. The Kier molecular flexibility index (Phi) is 8.83. The van der Waals surface area contributed by atoms with Crippen LogP contribution >= 0.6 is 0 Å². The van der Waals surface area contributed by atoms with E-state index in [1.807, 2.05) is 17.0 Å². The number of hydrogen-bond acceptors (Lipinski definition) is 6. The number of carbonyl (C=O) groups is 2. The lowest BCUT2D eigenvalue weighted by molar-refractivity contribution is -0.143. The van der Waals surface area contributed by atoms with Gasteiger partial charge in [0.25, 0.3) is 0 Å². The molecule has 0 saturated heterocycles. The van der Waals surface area contributed by atoms with E-state index in [9.17, 15) is 9.59 Å². The van der Waals surface area contributed by atoms with Crippen molar-refractivity contribution in [3.05, 3.63) is 30.1 Å². The van der Waals surface area contributed by atoms with E-state index in [2.05, 4.69) is 4.98 Å². The average Bonchev–Trinajstić information content (AvgIpc) is 2.51. The van der Waals surface area contributed by atoms with Gasteiger partial charge in [-0.1, -0.05) is 0 Å². The number of esters is 2. The molecule has 0 atom stereocenters. The zero-order valence-electron chi connectivity index (χ0n) is 13.3. The molecule has 1 rings (SSSR count). The molecule has 0 unspecified atom stereocenters. The molecule has 0 aromatic carbocycles. The summed E-state index contributed by atoms with van der Waals surface area (Å²) >= 11 is 0. The van der Waals surface area contributed by atoms with Crippen molar-refractivity contribution in [2.75, 3.05) is 26.3 Å². The molecular formula is C16H24N2O4. The van der Waals surface area contributed by atoms with Crippen LogP contribution in [0.25, 0.3) is 0 Å². The maximum atomic E-state index is 11.5. The molecule has 0 fully saturated rings. The van der Waals surface area contributed by atoms with Crippen molar-refractivity contribution < 1.29 is 19.1 Å². The van der Waals surface area contributed by atoms with E-state index >= 15 is 0 Å². The van der Waals surface area contributed by atoms with E-state index in [0.717, 1.165) is 5.56 Å². The highest BCUT2D eigenvalue weighted by molar-refractivity contribution is 5.70. The highest BCUT2D eigenvalue weighted by Crippen LogP contribution is 2.06. The SMILES string of the molecule is CCOC(=O)CCN(CCC(=O)OCC)Cc1ccncc1. The second-order valence-electron chi connectivity index (χ2n) is 4.74. The second-order valence-corrected chi connectivity index (χ2v) is 4.74. The van der Waals surface area contributed by atoms with E-state index in [1.54, 1.807) is 26.2 Å². The first kappa shape index (κ1) is 18.1. The van der Waals surface area contributed by atoms with Crippen LogP contribution < -0.4 is 0 Å². The van der Waals surface area contributed by atoms with Crippen LogP contribution in [0.1, 0.15) is 32.3 Å². The molecule has 0 bridgehead atoms. The number of pyridine rings is 1. The van der Waals surface area contributed by atoms with Crippen molar-refractivity contribution >= 4 is 11.9 Å². The standard InChI is InChI=1S/C16H24N2O4/c1-3-21-15(19)7-11-18(12-8-16(20)22-4-2)13-14-5-9-17-10-6-14/h5-6,9-10H,3-4,7-8,11-13H2,1-2H3. The van der Waals surface area contributed by atoms with Gasteiger partial charge in [0, 0.05) is 32.0 Å². The second kappa shape index (κ2) is 10.7. The fourth-order valence-electron chi connectivity index (χ4n) is 1.98. The molecule has 0 aliphatic heterocycles. The summed E-state index contributed by atoms with van der Waals surface area (Å²) in [6.07, 6.45) is 4.07. The molecule has 1 aromatic rings. The van der Waals surface area contributed by atoms with Crippen molar-refractivity contribution in [3.63, 3.8) is 0 Å². The van der Waals surface area contributed by atoms with Gasteiger partial charge in [-0.25, -0.2) is 0 Å². The van der Waals surface area contributed by atoms with Crippen molar-refractivity contribution in [2.24, 2.45) is 0 Å². The minimum atomic E-state index is -0.224. The molecule has 0 spiro atoms. The smallest absolute Gasteiger partial charge is 0.307 e. The van der Waals surface area contributed by atoms with Gasteiger partial charge in [0.15, 0.2) is 0 Å². The molecule has 0 aliphatic rings. The minimum absolute atomic E-state index is 0.224. The fraction of sp³-hybridized carbons (Fsp3) is 0.562. The van der Waals surface area contributed by atoms with Crippen LogP contribution in [0.2, 0.25) is 0 Å². The van der Waals surface area contributed by atoms with Crippen molar-refractivity contribution in [1.82, 2.24) is 9.88 Å². The number of rotatable bonds is 10. The Bertz CT molecular complexity index is 429. The molecule has 0 saturated carbocycles. The summed E-state index contributed by atoms with van der Waals surface area (Å²) in [4.78, 5) is 29.0. The van der Waals surface area contributed by atoms with Crippen LogP contribution in [0, 0.1) is 0 Å². The van der Waals surface area contributed by atoms with Gasteiger partial charge in [0.05, 0.1) is 26.1 Å². The number of ether oxygens (including phenoxy) is 2. The van der Waals surface area contributed by atoms with Gasteiger partial charge >= 0.3 is 11.9 Å². The predicted molar refractivity (Wildman–Crippen MR) is 82.0 cm³/mol. The van der Waals surface area contributed by atoms with E-state index < -0.39 is 0 Å². The Morgan fingerprint density at radius 1 is 1.00 bits per heavy atom. The number of nitrogens with zero attached hydrogens (tertiary/aromatic N) is 2. The van der Waals surface area contributed by atoms with Gasteiger partial charge in [-0.2, -0.15) is 0 Å². The quantitative estimate of drug-likeness (QED) is 0.614. The molecule has 6 heteroatoms. The van der Waals surface area contributed by atoms with Crippen molar-refractivity contribution in [1.29, 1.82) is 0 Å². The van der Waals surface area contributed by atoms with Gasteiger partial charge in [-0.3, -0.25) is 19.5 Å². The van der Waals surface area contributed by atoms with E-state index in [1.165, 1.54) is 0 Å². The Hall–Kier alpha value is -1.95. The first-order chi connectivity index (χ1) is 10.7. The van der Waals surface area contributed by atoms with Crippen molar-refractivity contribution in [3.8, 4) is 0 Å². The summed E-state index contributed by atoms with van der Waals surface area (Å²) in [5, 5.41) is 0. The van der Waals surface area contributed by atoms with E-state index in [0.29, 0.717) is 45.7 Å². The Morgan fingerprint density at radius 2 is 1.50 bits per heavy atom. The molecule has 122 valence electrons. The Balaban J connectivity index is 2.52. The monoisotopic (exact) mass is 308 g/mol. The largest absolute Gasteiger partial charge is 0.466 e. The molecule has 0 N–H and O–H groups in total. The number of hydrogen-bond donors (Lipinski definition) is 0. The average molecular weight is 308 g/mol. The summed E-state index contributed by atoms with van der Waals surface area (Å²) < 4.78 is 9.88. The van der Waals surface area contributed by atoms with Crippen LogP contribution in [0.15, 0.2) is 24.5 Å². The summed E-state index contributed by atoms with van der Waals surface area (Å²) in [5.41, 5.74) is 1.09. The van der Waals surface area contributed by atoms with Crippen LogP contribution in [-0.2, 0) is 25.6 Å². The predicted octanol–water partition coefficient (Wildman–Crippen LogP) is 1.79. The topological polar surface area (TPSA) is 68.7 Å². The summed E-state index contributed by atoms with van der Waals surface area (Å²) in [7, 11) is 0. The maximum Gasteiger partial charge on any atom is 0.307 e. The highest BCUT2D eigenvalue weighted by atomic mass is 16.5. The summed E-state index contributed by atoms with van der Waals surface area (Å²) in [6.45, 7) is 6.07. The minimum Gasteiger partial charge on any atom is -0.466 e. The highest BCUT2D eigenvalue weighted by Gasteiger charge is 2.12. The third kappa shape index (κ3) is 7.73. The van der Waals surface area contributed by atoms with Gasteiger partial charge in [0.2, 0.25) is 0 Å². The zero-order chi connectivity index (χ0) is 16.2. The first-order valence-electron chi connectivity index (χ1n) is 7.58. The molecule has 0 amide bonds. The summed E-state index contributed by atoms with van der Waals surface area (Å²) in [6, 6.07) is 3.84. The van der Waals surface area contributed by atoms with E-state index in [4.69, 9.17) is 9.47 Å². The maximum absolute atomic E-state index is 11.5. The third-order valence-electron chi connectivity index (χ3n) is 3.03. The van der Waals surface area contributed by atoms with Crippen molar-refractivity contribution in [2.45, 2.75) is 33.2 Å². The molecule has 0 aliphatic carbocycles. The molecular weight excluding hydrogens is 284 g/mol. The molecule has 1 aromatic heterocycles. The summed E-state index contributed by atoms with van der Waals surface area (Å²) in [5.74, 6) is -0.447. The van der Waals surface area contributed by atoms with Gasteiger partial charge in [-0.05, 0) is 31.5 Å². The van der Waals surface area contributed by atoms with Gasteiger partial charge < -0.3 is 9.47 Å². The lowest BCUT2D eigenvalue weighted by Gasteiger charge is -2.21. The van der Waals surface area contributed by atoms with E-state index in [-0.39, 0.29) is 11.9 Å². The molecule has 22 heavy (non-hydrogen) atoms. The zero-order valence-corrected chi connectivity index (χ0v) is 13.3. The van der Waals surface area contributed by atoms with Crippen LogP contribution in [0.5, 0.6) is 0 Å². The van der Waals surface area contributed by atoms with Crippen LogP contribution in [0.4, 0.5) is 0 Å². The lowest BCUT2D eigenvalue weighted by atomic mass is 10.2. The number of carbonyl (C=O) groups excluding carboxylic acids is 2. The Labute approximate surface area is 131 Å². The molecule has 0 radical (unpaired) electrons. The Morgan fingerprint density at radius 3 is 1.95 bits per heavy atom. The normalized spacial score (nSPS) is 10.5. The lowest BCUT2D eigenvalue weighted by Crippen LogP contribution is -2.29. The fourth-order valence-corrected chi connectivity index (χ4v) is 1.98. The molecule has 1 heterocycles. The van der Waals surface area contributed by atoms with Crippen LogP contribution in [-0.4, -0.2) is 48.1 Å². The van der Waals surface area contributed by atoms with Crippen LogP contribution in [0.3, 0.4) is 0 Å². The number of aromatic nitrogens is 1. The van der Waals surface area contributed by atoms with Gasteiger partial charge in [-0.15, -0.1) is 0 Å². The van der Waals surface area contributed by atoms with Gasteiger partial charge in [0.1, 0.15) is 0 Å². The molecule has 6 nitrogen and oxygen atoms in total. The first-order valence-corrected chi connectivity index (χ1v) is 7.58.